The van der Waals surface area contributed by atoms with E-state index < -0.39 is 6.04 Å². The van der Waals surface area contributed by atoms with Crippen LogP contribution >= 0.6 is 0 Å². The predicted molar refractivity (Wildman–Crippen MR) is 132 cm³/mol. The second kappa shape index (κ2) is 10.0. The molecule has 1 unspecified atom stereocenters. The summed E-state index contributed by atoms with van der Waals surface area (Å²) in [5.74, 6) is -0.364. The number of hydrogen-bond donors (Lipinski definition) is 1. The third kappa shape index (κ3) is 4.84. The van der Waals surface area contributed by atoms with Gasteiger partial charge in [-0.2, -0.15) is 0 Å². The molecule has 0 aliphatic carbocycles. The zero-order chi connectivity index (χ0) is 23.4. The Morgan fingerprint density at radius 2 is 1.97 bits per heavy atom. The lowest BCUT2D eigenvalue weighted by Crippen LogP contribution is -2.36. The molecule has 0 radical (unpaired) electrons. The number of ether oxygens (including phenoxy) is 1. The Hall–Kier alpha value is -3.42. The zero-order valence-corrected chi connectivity index (χ0v) is 19.0. The Balaban J connectivity index is 1.76. The molecule has 0 bridgehead atoms. The van der Waals surface area contributed by atoms with Crippen LogP contribution in [0.5, 0.6) is 0 Å². The highest BCUT2D eigenvalue weighted by atomic mass is 19.1. The number of fused-ring (bicyclic) bond motifs is 1. The number of nitrogens with zero attached hydrogens (tertiary/aromatic N) is 4. The highest BCUT2D eigenvalue weighted by Gasteiger charge is 2.18. The third-order valence-electron chi connectivity index (χ3n) is 5.73. The third-order valence-corrected chi connectivity index (χ3v) is 5.73. The van der Waals surface area contributed by atoms with Gasteiger partial charge in [-0.1, -0.05) is 24.3 Å². The van der Waals surface area contributed by atoms with Gasteiger partial charge in [-0.3, -0.25) is 4.99 Å². The normalized spacial score (nSPS) is 15.1. The minimum atomic E-state index is -0.508. The van der Waals surface area contributed by atoms with E-state index in [-0.39, 0.29) is 5.82 Å². The van der Waals surface area contributed by atoms with E-state index in [2.05, 4.69) is 26.4 Å². The van der Waals surface area contributed by atoms with Crippen molar-refractivity contribution in [2.24, 2.45) is 10.7 Å². The molecule has 2 heterocycles. The van der Waals surface area contributed by atoms with Crippen molar-refractivity contribution in [3.63, 3.8) is 0 Å². The van der Waals surface area contributed by atoms with Crippen molar-refractivity contribution in [3.05, 3.63) is 78.0 Å². The quantitative estimate of drug-likeness (QED) is 0.551. The Bertz CT molecular complexity index is 1230. The van der Waals surface area contributed by atoms with Crippen LogP contribution in [-0.2, 0) is 4.74 Å². The molecule has 0 amide bonds. The Morgan fingerprint density at radius 1 is 1.18 bits per heavy atom. The monoisotopic (exact) mass is 445 g/mol. The topological polar surface area (TPSA) is 76.6 Å². The van der Waals surface area contributed by atoms with Crippen molar-refractivity contribution in [2.75, 3.05) is 31.2 Å². The first-order chi connectivity index (χ1) is 16.0. The lowest BCUT2D eigenvalue weighted by atomic mass is 9.97. The van der Waals surface area contributed by atoms with Crippen molar-refractivity contribution in [2.45, 2.75) is 19.9 Å². The number of rotatable bonds is 6. The SMILES string of the molecule is C=CC=NC(=C(C)C)C(N)c1ccc(F)c(-c2ncnc3cc(N4CCOCC4)ccc23)c1. The van der Waals surface area contributed by atoms with Gasteiger partial charge in [0, 0.05) is 35.9 Å². The molecule has 4 rings (SSSR count). The second-order valence-electron chi connectivity index (χ2n) is 8.14. The Labute approximate surface area is 193 Å². The summed E-state index contributed by atoms with van der Waals surface area (Å²) in [5, 5.41) is 0.784. The van der Waals surface area contributed by atoms with Crippen molar-refractivity contribution in [1.29, 1.82) is 0 Å². The summed E-state index contributed by atoms with van der Waals surface area (Å²) >= 11 is 0. The lowest BCUT2D eigenvalue weighted by Gasteiger charge is -2.29. The van der Waals surface area contributed by atoms with E-state index in [0.717, 1.165) is 46.5 Å². The largest absolute Gasteiger partial charge is 0.378 e. The van der Waals surface area contributed by atoms with Crippen LogP contribution in [0.3, 0.4) is 0 Å². The standard InChI is InChI=1S/C26H28FN5O/c1-4-9-29-25(17(2)3)24(28)18-5-8-22(27)21(14-18)26-20-7-6-19(15-23(20)30-16-31-26)32-10-12-33-13-11-32/h4-9,14-16,24H,1,10-13,28H2,2-3H3. The average Bonchev–Trinajstić information content (AvgIpc) is 2.84. The van der Waals surface area contributed by atoms with E-state index >= 15 is 4.39 Å². The number of nitrogens with two attached hydrogens (primary N) is 1. The molecule has 170 valence electrons. The van der Waals surface area contributed by atoms with Crippen LogP contribution in [0.15, 0.2) is 71.6 Å². The number of aliphatic imine (C=N–C) groups is 1. The van der Waals surface area contributed by atoms with Crippen molar-refractivity contribution < 1.29 is 9.13 Å². The molecule has 2 N–H and O–H groups in total. The van der Waals surface area contributed by atoms with E-state index in [1.807, 2.05) is 32.0 Å². The van der Waals surface area contributed by atoms with E-state index in [9.17, 15) is 0 Å². The molecule has 1 aromatic heterocycles. The van der Waals surface area contributed by atoms with Gasteiger partial charge >= 0.3 is 0 Å². The summed E-state index contributed by atoms with van der Waals surface area (Å²) in [6.07, 6.45) is 4.68. The van der Waals surface area contributed by atoms with Crippen LogP contribution in [0.25, 0.3) is 22.2 Å². The van der Waals surface area contributed by atoms with Crippen molar-refractivity contribution in [1.82, 2.24) is 9.97 Å². The summed E-state index contributed by atoms with van der Waals surface area (Å²) in [6, 6.07) is 10.4. The summed E-state index contributed by atoms with van der Waals surface area (Å²) in [6.45, 7) is 10.6. The predicted octanol–water partition coefficient (Wildman–Crippen LogP) is 4.82. The molecule has 1 saturated heterocycles. The van der Waals surface area contributed by atoms with Gasteiger partial charge in [0.15, 0.2) is 0 Å². The average molecular weight is 446 g/mol. The molecule has 1 fully saturated rings. The number of morpholine rings is 1. The molecular formula is C26H28FN5O. The summed E-state index contributed by atoms with van der Waals surface area (Å²) in [7, 11) is 0. The van der Waals surface area contributed by atoms with Gasteiger partial charge in [0.1, 0.15) is 12.1 Å². The van der Waals surface area contributed by atoms with Crippen LogP contribution < -0.4 is 10.6 Å². The fourth-order valence-electron chi connectivity index (χ4n) is 4.01. The summed E-state index contributed by atoms with van der Waals surface area (Å²) in [4.78, 5) is 15.6. The van der Waals surface area contributed by atoms with Crippen molar-refractivity contribution >= 4 is 22.8 Å². The fourth-order valence-corrected chi connectivity index (χ4v) is 4.01. The summed E-state index contributed by atoms with van der Waals surface area (Å²) in [5.41, 5.74) is 11.7. The number of allylic oxidation sites excluding steroid dienone is 2. The summed E-state index contributed by atoms with van der Waals surface area (Å²) < 4.78 is 20.4. The van der Waals surface area contributed by atoms with Gasteiger partial charge in [0.05, 0.1) is 36.2 Å². The Kier molecular flexibility index (Phi) is 6.91. The lowest BCUT2D eigenvalue weighted by molar-refractivity contribution is 0.122. The maximum absolute atomic E-state index is 15.0. The molecule has 1 aliphatic heterocycles. The molecule has 3 aromatic rings. The first-order valence-corrected chi connectivity index (χ1v) is 10.9. The van der Waals surface area contributed by atoms with Crippen LogP contribution in [0.2, 0.25) is 0 Å². The van der Waals surface area contributed by atoms with Gasteiger partial charge in [-0.15, -0.1) is 0 Å². The van der Waals surface area contributed by atoms with E-state index in [0.29, 0.717) is 24.5 Å². The smallest absolute Gasteiger partial charge is 0.132 e. The van der Waals surface area contributed by atoms with Crippen LogP contribution in [0.4, 0.5) is 10.1 Å². The molecule has 0 spiro atoms. The number of anilines is 1. The van der Waals surface area contributed by atoms with Gasteiger partial charge in [-0.05, 0) is 49.7 Å². The molecule has 1 aliphatic rings. The number of hydrogen-bond acceptors (Lipinski definition) is 6. The van der Waals surface area contributed by atoms with Gasteiger partial charge < -0.3 is 15.4 Å². The van der Waals surface area contributed by atoms with Crippen LogP contribution in [-0.4, -0.2) is 42.5 Å². The van der Waals surface area contributed by atoms with Crippen LogP contribution in [0, 0.1) is 5.82 Å². The first-order valence-electron chi connectivity index (χ1n) is 10.9. The zero-order valence-electron chi connectivity index (χ0n) is 19.0. The molecule has 0 saturated carbocycles. The molecule has 6 nitrogen and oxygen atoms in total. The fraction of sp³-hybridized carbons (Fsp3) is 0.269. The van der Waals surface area contributed by atoms with Gasteiger partial charge in [0.2, 0.25) is 0 Å². The molecule has 1 atom stereocenters. The highest BCUT2D eigenvalue weighted by Crippen LogP contribution is 2.33. The van der Waals surface area contributed by atoms with E-state index in [4.69, 9.17) is 10.5 Å². The van der Waals surface area contributed by atoms with Gasteiger partial charge in [-0.25, -0.2) is 14.4 Å². The Morgan fingerprint density at radius 3 is 2.70 bits per heavy atom. The number of aromatic nitrogens is 2. The maximum atomic E-state index is 15.0. The van der Waals surface area contributed by atoms with E-state index in [1.165, 1.54) is 12.4 Å². The number of halogens is 1. The van der Waals surface area contributed by atoms with Gasteiger partial charge in [0.25, 0.3) is 0 Å². The minimum Gasteiger partial charge on any atom is -0.378 e. The molecule has 2 aromatic carbocycles. The molecular weight excluding hydrogens is 417 g/mol. The number of benzene rings is 2. The van der Waals surface area contributed by atoms with Crippen molar-refractivity contribution in [3.8, 4) is 11.3 Å². The molecule has 33 heavy (non-hydrogen) atoms. The maximum Gasteiger partial charge on any atom is 0.132 e. The minimum absolute atomic E-state index is 0.364. The highest BCUT2D eigenvalue weighted by molar-refractivity contribution is 5.94. The van der Waals surface area contributed by atoms with Crippen LogP contribution in [0.1, 0.15) is 25.5 Å². The second-order valence-corrected chi connectivity index (χ2v) is 8.14. The molecule has 7 heteroatoms. The first kappa shape index (κ1) is 22.8. The van der Waals surface area contributed by atoms with E-state index in [1.54, 1.807) is 24.4 Å².